The lowest BCUT2D eigenvalue weighted by Crippen LogP contribution is -2.10. The Morgan fingerprint density at radius 1 is 0.365 bits per heavy atom. The molecule has 0 aliphatic heterocycles. The zero-order valence-corrected chi connectivity index (χ0v) is 29.5. The second-order valence-electron chi connectivity index (χ2n) is 13.3. The molecule has 0 saturated heterocycles. The Morgan fingerprint density at radius 3 is 1.81 bits per heavy atom. The van der Waals surface area contributed by atoms with Gasteiger partial charge in [-0.2, -0.15) is 0 Å². The standard InChI is InChI=1S/C48H29NOS2/c1-3-11-30(12-4-1)32-21-25-45-40(27-32)41-29-34(23-26-46(41)51-45)49(33-22-24-44-39(28-33)36-15-7-8-20-43(36)50-44)42-19-10-18-38-37-17-9-16-35(47(37)52-48(38)42)31-13-5-2-6-14-31/h1-29H. The number of rotatable bonds is 5. The van der Waals surface area contributed by atoms with Crippen LogP contribution < -0.4 is 4.90 Å². The first-order valence-electron chi connectivity index (χ1n) is 17.5. The van der Waals surface area contributed by atoms with Crippen LogP contribution in [0.5, 0.6) is 0 Å². The highest BCUT2D eigenvalue weighted by Gasteiger charge is 2.21. The Labute approximate surface area is 308 Å². The summed E-state index contributed by atoms with van der Waals surface area (Å²) in [7, 11) is 0. The minimum Gasteiger partial charge on any atom is -0.456 e. The van der Waals surface area contributed by atoms with Crippen molar-refractivity contribution in [1.29, 1.82) is 0 Å². The van der Waals surface area contributed by atoms with E-state index in [9.17, 15) is 0 Å². The van der Waals surface area contributed by atoms with E-state index in [0.29, 0.717) is 0 Å². The van der Waals surface area contributed by atoms with Crippen LogP contribution in [0.15, 0.2) is 180 Å². The highest BCUT2D eigenvalue weighted by atomic mass is 32.1. The van der Waals surface area contributed by atoms with Crippen molar-refractivity contribution in [2.75, 3.05) is 4.90 Å². The zero-order valence-electron chi connectivity index (χ0n) is 27.9. The van der Waals surface area contributed by atoms with Crippen LogP contribution in [-0.4, -0.2) is 0 Å². The van der Waals surface area contributed by atoms with Gasteiger partial charge in [0.1, 0.15) is 11.2 Å². The minimum atomic E-state index is 0.894. The van der Waals surface area contributed by atoms with Crippen molar-refractivity contribution >= 4 is 102 Å². The molecule has 3 aromatic heterocycles. The summed E-state index contributed by atoms with van der Waals surface area (Å²) in [5, 5.41) is 7.34. The number of benzene rings is 8. The maximum atomic E-state index is 6.29. The molecule has 0 aliphatic carbocycles. The fraction of sp³-hybridized carbons (Fsp3) is 0. The molecule has 0 N–H and O–H groups in total. The van der Waals surface area contributed by atoms with E-state index in [2.05, 4.69) is 169 Å². The van der Waals surface area contributed by atoms with Gasteiger partial charge in [0.2, 0.25) is 0 Å². The molecule has 0 spiro atoms. The Bertz CT molecular complexity index is 3130. The van der Waals surface area contributed by atoms with Crippen molar-refractivity contribution in [1.82, 2.24) is 0 Å². The molecule has 11 aromatic rings. The molecule has 0 amide bonds. The molecule has 8 aromatic carbocycles. The lowest BCUT2D eigenvalue weighted by molar-refractivity contribution is 0.669. The normalized spacial score (nSPS) is 11.8. The van der Waals surface area contributed by atoms with Gasteiger partial charge in [-0.3, -0.25) is 0 Å². The van der Waals surface area contributed by atoms with Gasteiger partial charge in [-0.05, 0) is 82.9 Å². The van der Waals surface area contributed by atoms with Crippen LogP contribution in [0.4, 0.5) is 17.1 Å². The van der Waals surface area contributed by atoms with E-state index in [0.717, 1.165) is 39.0 Å². The fourth-order valence-electron chi connectivity index (χ4n) is 7.82. The molecule has 0 unspecified atom stereocenters. The maximum Gasteiger partial charge on any atom is 0.135 e. The first kappa shape index (κ1) is 29.5. The van der Waals surface area contributed by atoms with Crippen LogP contribution in [0.1, 0.15) is 0 Å². The molecule has 52 heavy (non-hydrogen) atoms. The summed E-state index contributed by atoms with van der Waals surface area (Å²) in [6, 6.07) is 63.7. The summed E-state index contributed by atoms with van der Waals surface area (Å²) in [6.45, 7) is 0. The molecule has 244 valence electrons. The first-order valence-corrected chi connectivity index (χ1v) is 19.1. The molecular formula is C48H29NOS2. The Kier molecular flexibility index (Phi) is 6.63. The Hall–Kier alpha value is -6.20. The quantitative estimate of drug-likeness (QED) is 0.178. The molecule has 0 bridgehead atoms. The van der Waals surface area contributed by atoms with Gasteiger partial charge in [0.05, 0.1) is 10.4 Å². The highest BCUT2D eigenvalue weighted by molar-refractivity contribution is 7.27. The van der Waals surface area contributed by atoms with E-state index >= 15 is 0 Å². The molecule has 0 atom stereocenters. The number of fused-ring (bicyclic) bond motifs is 9. The third-order valence-corrected chi connectivity index (χ3v) is 12.7. The van der Waals surface area contributed by atoms with E-state index < -0.39 is 0 Å². The topological polar surface area (TPSA) is 16.4 Å². The van der Waals surface area contributed by atoms with Gasteiger partial charge in [-0.15, -0.1) is 22.7 Å². The number of hydrogen-bond donors (Lipinski definition) is 0. The van der Waals surface area contributed by atoms with Crippen molar-refractivity contribution in [3.63, 3.8) is 0 Å². The van der Waals surface area contributed by atoms with Crippen molar-refractivity contribution in [3.05, 3.63) is 176 Å². The lowest BCUT2D eigenvalue weighted by atomic mass is 10.0. The van der Waals surface area contributed by atoms with Crippen LogP contribution in [0, 0.1) is 0 Å². The smallest absolute Gasteiger partial charge is 0.135 e. The van der Waals surface area contributed by atoms with Crippen LogP contribution in [-0.2, 0) is 0 Å². The average Bonchev–Trinajstić information content (AvgIpc) is 3.90. The average molecular weight is 700 g/mol. The van der Waals surface area contributed by atoms with Crippen LogP contribution >= 0.6 is 22.7 Å². The summed E-state index contributed by atoms with van der Waals surface area (Å²) < 4.78 is 11.4. The molecule has 11 rings (SSSR count). The minimum absolute atomic E-state index is 0.894. The van der Waals surface area contributed by atoms with Gasteiger partial charge >= 0.3 is 0 Å². The molecule has 0 aliphatic rings. The van der Waals surface area contributed by atoms with Gasteiger partial charge in [0.15, 0.2) is 0 Å². The largest absolute Gasteiger partial charge is 0.456 e. The number of nitrogens with zero attached hydrogens (tertiary/aromatic N) is 1. The SMILES string of the molecule is c1ccc(-c2ccc3sc4ccc(N(c5ccc6oc7ccccc7c6c5)c5cccc6c5sc5c(-c7ccccc7)cccc56)cc4c3c2)cc1. The van der Waals surface area contributed by atoms with Gasteiger partial charge in [-0.25, -0.2) is 0 Å². The Morgan fingerprint density at radius 2 is 0.981 bits per heavy atom. The van der Waals surface area contributed by atoms with Crippen molar-refractivity contribution in [3.8, 4) is 22.3 Å². The van der Waals surface area contributed by atoms with Crippen molar-refractivity contribution in [2.24, 2.45) is 0 Å². The third-order valence-electron chi connectivity index (χ3n) is 10.3. The van der Waals surface area contributed by atoms with Crippen LogP contribution in [0.2, 0.25) is 0 Å². The van der Waals surface area contributed by atoms with E-state index in [1.54, 1.807) is 0 Å². The second-order valence-corrected chi connectivity index (χ2v) is 15.4. The van der Waals surface area contributed by atoms with E-state index in [1.165, 1.54) is 62.6 Å². The summed E-state index contributed by atoms with van der Waals surface area (Å²) in [6.07, 6.45) is 0. The summed E-state index contributed by atoms with van der Waals surface area (Å²) in [5.74, 6) is 0. The second kappa shape index (κ2) is 11.7. The van der Waals surface area contributed by atoms with Gasteiger partial charge in [-0.1, -0.05) is 115 Å². The molecule has 2 nitrogen and oxygen atoms in total. The van der Waals surface area contributed by atoms with Gasteiger partial charge < -0.3 is 9.32 Å². The summed E-state index contributed by atoms with van der Waals surface area (Å²) >= 11 is 3.74. The molecule has 0 radical (unpaired) electrons. The van der Waals surface area contributed by atoms with Gasteiger partial charge in [0, 0.05) is 57.8 Å². The maximum absolute atomic E-state index is 6.29. The number of para-hydroxylation sites is 1. The van der Waals surface area contributed by atoms with E-state index in [4.69, 9.17) is 4.42 Å². The zero-order chi connectivity index (χ0) is 34.2. The predicted octanol–water partition coefficient (Wildman–Crippen LogP) is 15.1. The van der Waals surface area contributed by atoms with Crippen LogP contribution in [0.25, 0.3) is 84.5 Å². The molecule has 4 heteroatoms. The van der Waals surface area contributed by atoms with Gasteiger partial charge in [0.25, 0.3) is 0 Å². The predicted molar refractivity (Wildman–Crippen MR) is 225 cm³/mol. The number of anilines is 3. The molecule has 0 fully saturated rings. The summed E-state index contributed by atoms with van der Waals surface area (Å²) in [4.78, 5) is 2.45. The van der Waals surface area contributed by atoms with Crippen molar-refractivity contribution < 1.29 is 4.42 Å². The van der Waals surface area contributed by atoms with Crippen molar-refractivity contribution in [2.45, 2.75) is 0 Å². The van der Waals surface area contributed by atoms with Crippen LogP contribution in [0.3, 0.4) is 0 Å². The number of hydrogen-bond acceptors (Lipinski definition) is 4. The highest BCUT2D eigenvalue weighted by Crippen LogP contribution is 2.49. The Balaban J connectivity index is 1.17. The number of thiophene rings is 2. The fourth-order valence-corrected chi connectivity index (χ4v) is 10.2. The first-order chi connectivity index (χ1) is 25.8. The third kappa shape index (κ3) is 4.62. The molecular weight excluding hydrogens is 671 g/mol. The van der Waals surface area contributed by atoms with E-state index in [-0.39, 0.29) is 0 Å². The molecule has 0 saturated carbocycles. The van der Waals surface area contributed by atoms with E-state index in [1.807, 2.05) is 34.8 Å². The lowest BCUT2D eigenvalue weighted by Gasteiger charge is -2.26. The summed E-state index contributed by atoms with van der Waals surface area (Å²) in [5.41, 5.74) is 10.1. The monoisotopic (exact) mass is 699 g/mol. The molecule has 3 heterocycles. The number of furan rings is 1.